The SMILES string of the molecule is COc1cccc(CCNS(=O)(=O)c2cc(Br)ccc2OC)c1. The van der Waals surface area contributed by atoms with E-state index in [4.69, 9.17) is 9.47 Å². The van der Waals surface area contributed by atoms with Gasteiger partial charge in [0.15, 0.2) is 0 Å². The highest BCUT2D eigenvalue weighted by Crippen LogP contribution is 2.27. The zero-order chi connectivity index (χ0) is 16.9. The van der Waals surface area contributed by atoms with Gasteiger partial charge in [-0.1, -0.05) is 28.1 Å². The lowest BCUT2D eigenvalue weighted by atomic mass is 10.1. The van der Waals surface area contributed by atoms with Crippen LogP contribution in [0.3, 0.4) is 0 Å². The zero-order valence-electron chi connectivity index (χ0n) is 12.9. The summed E-state index contributed by atoms with van der Waals surface area (Å²) in [6.45, 7) is 0.283. The number of rotatable bonds is 7. The molecule has 0 radical (unpaired) electrons. The third-order valence-electron chi connectivity index (χ3n) is 3.26. The van der Waals surface area contributed by atoms with Crippen molar-refractivity contribution in [3.05, 3.63) is 52.5 Å². The minimum atomic E-state index is -3.65. The van der Waals surface area contributed by atoms with Gasteiger partial charge in [-0.25, -0.2) is 13.1 Å². The molecule has 2 rings (SSSR count). The maximum Gasteiger partial charge on any atom is 0.244 e. The van der Waals surface area contributed by atoms with Crippen molar-refractivity contribution in [2.24, 2.45) is 0 Å². The van der Waals surface area contributed by atoms with E-state index in [2.05, 4.69) is 20.7 Å². The Morgan fingerprint density at radius 3 is 2.57 bits per heavy atom. The molecular weight excluding hydrogens is 382 g/mol. The quantitative estimate of drug-likeness (QED) is 0.776. The van der Waals surface area contributed by atoms with E-state index in [9.17, 15) is 8.42 Å². The number of hydrogen-bond donors (Lipinski definition) is 1. The standard InChI is InChI=1S/C16H18BrNO4S/c1-21-14-5-3-4-12(10-14)8-9-18-23(19,20)16-11-13(17)6-7-15(16)22-2/h3-7,10-11,18H,8-9H2,1-2H3. The van der Waals surface area contributed by atoms with Crippen LogP contribution < -0.4 is 14.2 Å². The van der Waals surface area contributed by atoms with E-state index in [1.165, 1.54) is 13.2 Å². The average Bonchev–Trinajstić information content (AvgIpc) is 2.55. The summed E-state index contributed by atoms with van der Waals surface area (Å²) < 4.78 is 38.4. The maximum atomic E-state index is 12.4. The Kier molecular flexibility index (Phi) is 6.04. The van der Waals surface area contributed by atoms with Gasteiger partial charge >= 0.3 is 0 Å². The topological polar surface area (TPSA) is 64.6 Å². The summed E-state index contributed by atoms with van der Waals surface area (Å²) in [6.07, 6.45) is 0.562. The zero-order valence-corrected chi connectivity index (χ0v) is 15.3. The third kappa shape index (κ3) is 4.70. The van der Waals surface area contributed by atoms with Gasteiger partial charge in [-0.3, -0.25) is 0 Å². The van der Waals surface area contributed by atoms with Gasteiger partial charge in [0.05, 0.1) is 14.2 Å². The lowest BCUT2D eigenvalue weighted by Gasteiger charge is -2.11. The third-order valence-corrected chi connectivity index (χ3v) is 5.23. The van der Waals surface area contributed by atoms with Crippen LogP contribution in [0.2, 0.25) is 0 Å². The van der Waals surface area contributed by atoms with Crippen LogP contribution in [0.4, 0.5) is 0 Å². The molecule has 0 spiro atoms. The molecule has 0 saturated heterocycles. The molecule has 124 valence electrons. The molecule has 0 bridgehead atoms. The van der Waals surface area contributed by atoms with Gasteiger partial charge in [0.25, 0.3) is 0 Å². The predicted molar refractivity (Wildman–Crippen MR) is 92.6 cm³/mol. The average molecular weight is 400 g/mol. The van der Waals surface area contributed by atoms with Crippen LogP contribution in [-0.2, 0) is 16.4 Å². The second-order valence-electron chi connectivity index (χ2n) is 4.79. The lowest BCUT2D eigenvalue weighted by molar-refractivity contribution is 0.402. The van der Waals surface area contributed by atoms with E-state index in [-0.39, 0.29) is 11.4 Å². The van der Waals surface area contributed by atoms with E-state index in [0.717, 1.165) is 11.3 Å². The van der Waals surface area contributed by atoms with Gasteiger partial charge in [-0.15, -0.1) is 0 Å². The maximum absolute atomic E-state index is 12.4. The molecule has 0 aliphatic rings. The van der Waals surface area contributed by atoms with E-state index < -0.39 is 10.0 Å². The van der Waals surface area contributed by atoms with E-state index in [1.54, 1.807) is 19.2 Å². The molecule has 0 atom stereocenters. The lowest BCUT2D eigenvalue weighted by Crippen LogP contribution is -2.26. The Morgan fingerprint density at radius 2 is 1.87 bits per heavy atom. The first kappa shape index (κ1) is 17.8. The van der Waals surface area contributed by atoms with Crippen LogP contribution >= 0.6 is 15.9 Å². The van der Waals surface area contributed by atoms with E-state index in [1.807, 2.05) is 24.3 Å². The fourth-order valence-electron chi connectivity index (χ4n) is 2.10. The highest BCUT2D eigenvalue weighted by atomic mass is 79.9. The molecule has 0 heterocycles. The largest absolute Gasteiger partial charge is 0.497 e. The summed E-state index contributed by atoms with van der Waals surface area (Å²) in [6, 6.07) is 12.4. The molecule has 23 heavy (non-hydrogen) atoms. The highest BCUT2D eigenvalue weighted by Gasteiger charge is 2.19. The summed E-state index contributed by atoms with van der Waals surface area (Å²) in [4.78, 5) is 0.111. The Morgan fingerprint density at radius 1 is 1.09 bits per heavy atom. The molecule has 7 heteroatoms. The second-order valence-corrected chi connectivity index (χ2v) is 7.45. The van der Waals surface area contributed by atoms with Gasteiger partial charge in [0.2, 0.25) is 10.0 Å². The van der Waals surface area contributed by atoms with Crippen molar-refractivity contribution in [2.75, 3.05) is 20.8 Å². The molecule has 0 unspecified atom stereocenters. The van der Waals surface area contributed by atoms with Gasteiger partial charge in [0, 0.05) is 11.0 Å². The molecule has 0 aliphatic heterocycles. The van der Waals surface area contributed by atoms with Gasteiger partial charge in [0.1, 0.15) is 16.4 Å². The molecule has 0 saturated carbocycles. The Balaban J connectivity index is 2.08. The number of halogens is 1. The summed E-state index contributed by atoms with van der Waals surface area (Å²) in [5.41, 5.74) is 0.994. The van der Waals surface area contributed by atoms with Crippen LogP contribution in [0.1, 0.15) is 5.56 Å². The molecule has 2 aromatic rings. The molecule has 0 fully saturated rings. The number of nitrogens with one attached hydrogen (secondary N) is 1. The summed E-state index contributed by atoms with van der Waals surface area (Å²) in [5, 5.41) is 0. The van der Waals surface area contributed by atoms with Crippen molar-refractivity contribution >= 4 is 26.0 Å². The first-order chi connectivity index (χ1) is 11.0. The van der Waals surface area contributed by atoms with Crippen molar-refractivity contribution in [3.63, 3.8) is 0 Å². The number of hydrogen-bond acceptors (Lipinski definition) is 4. The fourth-order valence-corrected chi connectivity index (χ4v) is 3.83. The van der Waals surface area contributed by atoms with Crippen molar-refractivity contribution in [2.45, 2.75) is 11.3 Å². The Bertz CT molecular complexity index is 777. The number of ether oxygens (including phenoxy) is 2. The first-order valence-corrected chi connectivity index (χ1v) is 9.20. The molecule has 2 aromatic carbocycles. The monoisotopic (exact) mass is 399 g/mol. The Hall–Kier alpha value is -1.57. The minimum Gasteiger partial charge on any atom is -0.497 e. The molecule has 1 N–H and O–H groups in total. The molecule has 5 nitrogen and oxygen atoms in total. The fraction of sp³-hybridized carbons (Fsp3) is 0.250. The van der Waals surface area contributed by atoms with Gasteiger partial charge in [-0.2, -0.15) is 0 Å². The molecule has 0 aliphatic carbocycles. The molecule has 0 aromatic heterocycles. The van der Waals surface area contributed by atoms with Crippen molar-refractivity contribution < 1.29 is 17.9 Å². The van der Waals surface area contributed by atoms with Crippen molar-refractivity contribution in [1.82, 2.24) is 4.72 Å². The summed E-state index contributed by atoms with van der Waals surface area (Å²) >= 11 is 3.28. The number of sulfonamides is 1. The number of benzene rings is 2. The smallest absolute Gasteiger partial charge is 0.244 e. The predicted octanol–water partition coefficient (Wildman–Crippen LogP) is 2.99. The van der Waals surface area contributed by atoms with E-state index >= 15 is 0 Å². The Labute approximate surface area is 144 Å². The van der Waals surface area contributed by atoms with Crippen LogP contribution in [0.5, 0.6) is 11.5 Å². The van der Waals surface area contributed by atoms with Crippen LogP contribution in [-0.4, -0.2) is 29.2 Å². The van der Waals surface area contributed by atoms with E-state index in [0.29, 0.717) is 16.6 Å². The first-order valence-electron chi connectivity index (χ1n) is 6.92. The molecule has 0 amide bonds. The second kappa shape index (κ2) is 7.81. The van der Waals surface area contributed by atoms with Gasteiger partial charge in [-0.05, 0) is 42.3 Å². The highest BCUT2D eigenvalue weighted by molar-refractivity contribution is 9.10. The van der Waals surface area contributed by atoms with Crippen molar-refractivity contribution in [1.29, 1.82) is 0 Å². The minimum absolute atomic E-state index is 0.111. The van der Waals surface area contributed by atoms with Gasteiger partial charge < -0.3 is 9.47 Å². The van der Waals surface area contributed by atoms with Crippen LogP contribution in [0.25, 0.3) is 0 Å². The summed E-state index contributed by atoms with van der Waals surface area (Å²) in [5.74, 6) is 1.06. The van der Waals surface area contributed by atoms with Crippen LogP contribution in [0.15, 0.2) is 51.8 Å². The molecular formula is C16H18BrNO4S. The normalized spacial score (nSPS) is 11.3. The van der Waals surface area contributed by atoms with Crippen molar-refractivity contribution in [3.8, 4) is 11.5 Å². The van der Waals surface area contributed by atoms with Crippen LogP contribution in [0, 0.1) is 0 Å². The summed E-state index contributed by atoms with van der Waals surface area (Å²) in [7, 11) is -0.606. The number of methoxy groups -OCH3 is 2.